The first-order chi connectivity index (χ1) is 24.3. The largest absolute Gasteiger partial charge is 0.415 e. The van der Waals surface area contributed by atoms with Gasteiger partial charge in [-0.15, -0.1) is 0 Å². The second-order valence-corrected chi connectivity index (χ2v) is 48.4. The van der Waals surface area contributed by atoms with E-state index in [1.54, 1.807) is 6.92 Å². The zero-order valence-corrected chi connectivity index (χ0v) is 45.5. The minimum absolute atomic E-state index is 0.0826. The maximum atomic E-state index is 12.7. The van der Waals surface area contributed by atoms with Crippen molar-refractivity contribution in [1.29, 1.82) is 0 Å². The Balaban J connectivity index is 6.44. The predicted molar refractivity (Wildman–Crippen MR) is 249 cm³/mol. The van der Waals surface area contributed by atoms with Gasteiger partial charge in [0.1, 0.15) is 0 Å². The number of unbranched alkanes of at least 4 members (excludes halogenated alkanes) is 7. The van der Waals surface area contributed by atoms with Crippen molar-refractivity contribution in [3.05, 3.63) is 0 Å². The molecule has 0 heterocycles. The van der Waals surface area contributed by atoms with Crippen LogP contribution < -0.4 is 5.32 Å². The van der Waals surface area contributed by atoms with Gasteiger partial charge in [-0.3, -0.25) is 4.79 Å². The first-order valence-corrected chi connectivity index (χ1v) is 42.1. The molecule has 54 heavy (non-hydrogen) atoms. The van der Waals surface area contributed by atoms with Crippen molar-refractivity contribution in [2.45, 2.75) is 245 Å². The second-order valence-electron chi connectivity index (χ2n) is 21.6. The lowest BCUT2D eigenvalue weighted by Crippen LogP contribution is -2.61. The van der Waals surface area contributed by atoms with Crippen LogP contribution in [0.25, 0.3) is 0 Å². The number of nitrogens with one attached hydrogen (secondary N) is 1. The molecular formula is C40H93NO7Si6. The third kappa shape index (κ3) is 30.6. The standard InChI is InChI=1S/C40H93NO7Si6/c1-21-22-23-24-25-27-30-36(44-50(6,7)8)37(45-51(9,10)11)31-28-26-29-32-38(46-52(12,13)14)40(48-54(18,19)20)39(47-53(15,16)17)35(41-34(2)42)33-43-49(3,4)5/h35-40H,21-33H2,1-20H3,(H,41,42)/t35-,36-,37-,38-,39+,40-/m0/s1. The molecule has 0 rings (SSSR count). The number of carbonyl (C=O) groups excluding carboxylic acids is 1. The Morgan fingerprint density at radius 3 is 1.15 bits per heavy atom. The minimum atomic E-state index is -2.10. The number of hydrogen-bond donors (Lipinski definition) is 1. The van der Waals surface area contributed by atoms with Crippen molar-refractivity contribution in [1.82, 2.24) is 5.32 Å². The second kappa shape index (κ2) is 24.6. The van der Waals surface area contributed by atoms with Crippen molar-refractivity contribution in [3.8, 4) is 0 Å². The molecule has 0 aliphatic heterocycles. The van der Waals surface area contributed by atoms with Gasteiger partial charge in [0.05, 0.1) is 43.2 Å². The lowest BCUT2D eigenvalue weighted by Gasteiger charge is -2.45. The van der Waals surface area contributed by atoms with E-state index in [1.807, 2.05) is 0 Å². The molecule has 0 radical (unpaired) electrons. The molecule has 8 nitrogen and oxygen atoms in total. The fourth-order valence-electron chi connectivity index (χ4n) is 6.66. The topological polar surface area (TPSA) is 84.5 Å². The monoisotopic (exact) mass is 868 g/mol. The molecule has 0 aliphatic rings. The summed E-state index contributed by atoms with van der Waals surface area (Å²) in [5.74, 6) is -0.0826. The Morgan fingerprint density at radius 1 is 0.444 bits per heavy atom. The van der Waals surface area contributed by atoms with E-state index in [-0.39, 0.29) is 42.5 Å². The minimum Gasteiger partial charge on any atom is -0.415 e. The third-order valence-electron chi connectivity index (χ3n) is 8.40. The molecule has 0 aliphatic carbocycles. The van der Waals surface area contributed by atoms with E-state index in [1.165, 1.54) is 38.5 Å². The quantitative estimate of drug-likeness (QED) is 0.0549. The van der Waals surface area contributed by atoms with E-state index in [0.717, 1.165) is 38.5 Å². The van der Waals surface area contributed by atoms with Crippen molar-refractivity contribution < 1.29 is 31.4 Å². The van der Waals surface area contributed by atoms with Crippen LogP contribution in [0.3, 0.4) is 0 Å². The van der Waals surface area contributed by atoms with Crippen LogP contribution >= 0.6 is 0 Å². The van der Waals surface area contributed by atoms with E-state index in [0.29, 0.717) is 6.61 Å². The summed E-state index contributed by atoms with van der Waals surface area (Å²) < 4.78 is 41.7. The number of rotatable bonds is 31. The van der Waals surface area contributed by atoms with Crippen molar-refractivity contribution in [2.24, 2.45) is 0 Å². The summed E-state index contributed by atoms with van der Waals surface area (Å²) in [6.07, 6.45) is 13.4. The Kier molecular flexibility index (Phi) is 24.8. The lowest BCUT2D eigenvalue weighted by molar-refractivity contribution is -0.122. The first-order valence-electron chi connectivity index (χ1n) is 21.6. The maximum absolute atomic E-state index is 12.7. The molecule has 0 fully saturated rings. The molecule has 0 aromatic carbocycles. The highest BCUT2D eigenvalue weighted by Gasteiger charge is 2.44. The summed E-state index contributed by atoms with van der Waals surface area (Å²) in [5.41, 5.74) is 0. The predicted octanol–water partition coefficient (Wildman–Crippen LogP) is 12.1. The summed E-state index contributed by atoms with van der Waals surface area (Å²) in [6, 6.07) is -0.343. The highest BCUT2D eigenvalue weighted by atomic mass is 28.4. The Labute approximate surface area is 342 Å². The van der Waals surface area contributed by atoms with Gasteiger partial charge in [-0.1, -0.05) is 64.7 Å². The van der Waals surface area contributed by atoms with E-state index in [9.17, 15) is 4.79 Å². The fourth-order valence-corrected chi connectivity index (χ4v) is 13.1. The third-order valence-corrected chi connectivity index (χ3v) is 14.4. The lowest BCUT2D eigenvalue weighted by atomic mass is 9.96. The van der Waals surface area contributed by atoms with Crippen LogP contribution in [0.15, 0.2) is 0 Å². The number of carbonyl (C=O) groups is 1. The van der Waals surface area contributed by atoms with Gasteiger partial charge in [0.2, 0.25) is 5.91 Å². The van der Waals surface area contributed by atoms with E-state index in [4.69, 9.17) is 26.6 Å². The Morgan fingerprint density at radius 2 is 0.778 bits per heavy atom. The van der Waals surface area contributed by atoms with Crippen LogP contribution in [-0.4, -0.2) is 99.0 Å². The first kappa shape index (κ1) is 54.5. The molecule has 0 unspecified atom stereocenters. The van der Waals surface area contributed by atoms with Crippen molar-refractivity contribution >= 4 is 55.8 Å². The Hall–Kier alpha value is 0.531. The zero-order valence-electron chi connectivity index (χ0n) is 39.5. The van der Waals surface area contributed by atoms with Crippen LogP contribution in [0.2, 0.25) is 118 Å². The highest BCUT2D eigenvalue weighted by Crippen LogP contribution is 2.30. The van der Waals surface area contributed by atoms with Gasteiger partial charge in [-0.05, 0) is 137 Å². The molecule has 0 spiro atoms. The van der Waals surface area contributed by atoms with Crippen LogP contribution in [0, 0.1) is 0 Å². The van der Waals surface area contributed by atoms with Gasteiger partial charge in [-0.2, -0.15) is 0 Å². The van der Waals surface area contributed by atoms with Gasteiger partial charge in [0.25, 0.3) is 0 Å². The molecule has 324 valence electrons. The average molecular weight is 869 g/mol. The van der Waals surface area contributed by atoms with Gasteiger partial charge in [-0.25, -0.2) is 0 Å². The molecule has 0 bridgehead atoms. The normalized spacial score (nSPS) is 17.2. The van der Waals surface area contributed by atoms with Crippen LogP contribution in [0.4, 0.5) is 0 Å². The maximum Gasteiger partial charge on any atom is 0.217 e. The average Bonchev–Trinajstić information content (AvgIpc) is 2.93. The van der Waals surface area contributed by atoms with Crippen molar-refractivity contribution in [2.75, 3.05) is 6.61 Å². The summed E-state index contributed by atoms with van der Waals surface area (Å²) >= 11 is 0. The molecule has 0 saturated carbocycles. The molecule has 0 aromatic rings. The van der Waals surface area contributed by atoms with Gasteiger partial charge < -0.3 is 31.9 Å². The molecule has 1 amide bonds. The number of amides is 1. The summed E-state index contributed by atoms with van der Waals surface area (Å²) in [7, 11) is -11.6. The summed E-state index contributed by atoms with van der Waals surface area (Å²) in [6.45, 7) is 44.9. The van der Waals surface area contributed by atoms with E-state index in [2.05, 4.69) is 130 Å². The molecule has 14 heteroatoms. The van der Waals surface area contributed by atoms with E-state index < -0.39 is 49.9 Å². The summed E-state index contributed by atoms with van der Waals surface area (Å²) in [5, 5.41) is 3.25. The molecule has 6 atom stereocenters. The zero-order chi connectivity index (χ0) is 42.2. The van der Waals surface area contributed by atoms with Gasteiger partial charge in [0, 0.05) is 6.92 Å². The number of hydrogen-bond acceptors (Lipinski definition) is 7. The molecular weight excluding hydrogens is 775 g/mol. The van der Waals surface area contributed by atoms with Gasteiger partial charge in [0.15, 0.2) is 49.9 Å². The SMILES string of the molecule is CCCCCCCC[C@H](O[Si](C)(C)C)[C@H](CCCCC[C@H](O[Si](C)(C)C)[C@H](O[Si](C)(C)C)[C@H](O[Si](C)(C)C)[C@H](CO[Si](C)(C)C)NC(C)=O)O[Si](C)(C)C. The van der Waals surface area contributed by atoms with Crippen LogP contribution in [-0.2, 0) is 31.4 Å². The molecule has 1 N–H and O–H groups in total. The molecule has 0 aromatic heterocycles. The van der Waals surface area contributed by atoms with E-state index >= 15 is 0 Å². The van der Waals surface area contributed by atoms with Crippen LogP contribution in [0.5, 0.6) is 0 Å². The fraction of sp³-hybridized carbons (Fsp3) is 0.975. The van der Waals surface area contributed by atoms with Gasteiger partial charge >= 0.3 is 0 Å². The van der Waals surface area contributed by atoms with Crippen LogP contribution in [0.1, 0.15) is 90.9 Å². The summed E-state index contributed by atoms with van der Waals surface area (Å²) in [4.78, 5) is 12.7. The Bertz CT molecular complexity index is 1010. The molecule has 0 saturated heterocycles. The van der Waals surface area contributed by atoms with Crippen molar-refractivity contribution in [3.63, 3.8) is 0 Å². The highest BCUT2D eigenvalue weighted by molar-refractivity contribution is 6.71. The smallest absolute Gasteiger partial charge is 0.217 e.